The molecule has 0 saturated carbocycles. The van der Waals surface area contributed by atoms with Crippen molar-refractivity contribution in [1.82, 2.24) is 25.1 Å². The molecule has 0 bridgehead atoms. The van der Waals surface area contributed by atoms with E-state index in [1.165, 1.54) is 6.92 Å². The number of aryl methyl sites for hydroxylation is 1. The van der Waals surface area contributed by atoms with E-state index in [1.54, 1.807) is 0 Å². The van der Waals surface area contributed by atoms with Crippen molar-refractivity contribution in [3.05, 3.63) is 23.3 Å². The molecule has 1 aliphatic rings. The molecule has 0 spiro atoms. The quantitative estimate of drug-likeness (QED) is 0.833. The number of aromatic nitrogens is 2. The predicted octanol–water partition coefficient (Wildman–Crippen LogP) is 1.45. The lowest BCUT2D eigenvalue weighted by Crippen LogP contribution is -2.36. The predicted molar refractivity (Wildman–Crippen MR) is 86.8 cm³/mol. The molecule has 1 saturated heterocycles. The maximum atomic E-state index is 12.7. The van der Waals surface area contributed by atoms with Crippen LogP contribution >= 0.6 is 0 Å². The summed E-state index contributed by atoms with van der Waals surface area (Å²) in [5.74, 6) is -0.261. The van der Waals surface area contributed by atoms with Crippen molar-refractivity contribution < 1.29 is 18.0 Å². The summed E-state index contributed by atoms with van der Waals surface area (Å²) in [4.78, 5) is 23.8. The Morgan fingerprint density at radius 1 is 1.44 bits per heavy atom. The highest BCUT2D eigenvalue weighted by Crippen LogP contribution is 2.27. The van der Waals surface area contributed by atoms with Crippen molar-refractivity contribution in [1.29, 1.82) is 0 Å². The molecule has 0 aromatic carbocycles. The molecule has 2 rings (SSSR count). The van der Waals surface area contributed by atoms with Gasteiger partial charge in [-0.2, -0.15) is 13.2 Å². The molecule has 1 N–H and O–H groups in total. The summed E-state index contributed by atoms with van der Waals surface area (Å²) < 4.78 is 38.2. The molecular formula is C16H24F3N5O. The molecule has 0 radical (unpaired) electrons. The number of hydrogen-bond donors (Lipinski definition) is 1. The molecule has 0 aliphatic carbocycles. The fourth-order valence-corrected chi connectivity index (χ4v) is 2.85. The Morgan fingerprint density at radius 3 is 2.76 bits per heavy atom. The first-order valence-corrected chi connectivity index (χ1v) is 8.22. The monoisotopic (exact) mass is 359 g/mol. The summed E-state index contributed by atoms with van der Waals surface area (Å²) >= 11 is 0. The van der Waals surface area contributed by atoms with Gasteiger partial charge in [-0.15, -0.1) is 0 Å². The fourth-order valence-electron chi connectivity index (χ4n) is 2.85. The maximum Gasteiger partial charge on any atom is 0.433 e. The van der Waals surface area contributed by atoms with E-state index in [2.05, 4.69) is 32.1 Å². The average Bonchev–Trinajstić information content (AvgIpc) is 2.96. The van der Waals surface area contributed by atoms with Gasteiger partial charge in [0, 0.05) is 31.2 Å². The van der Waals surface area contributed by atoms with Gasteiger partial charge in [-0.05, 0) is 40.1 Å². The van der Waals surface area contributed by atoms with E-state index in [9.17, 15) is 18.0 Å². The Bertz CT molecular complexity index is 608. The van der Waals surface area contributed by atoms with E-state index < -0.39 is 11.9 Å². The lowest BCUT2D eigenvalue weighted by atomic mass is 10.2. The van der Waals surface area contributed by atoms with Gasteiger partial charge in [-0.1, -0.05) is 0 Å². The Kier molecular flexibility index (Phi) is 6.34. The minimum atomic E-state index is -4.52. The number of hydrogen-bond acceptors (Lipinski definition) is 5. The van der Waals surface area contributed by atoms with Crippen LogP contribution in [0.3, 0.4) is 0 Å². The standard InChI is InChI=1S/C16H24F3N5O/c1-11-8-13(16(17,18)19)22-14(21-11)9-20-15(25)5-7-24(3)12-4-6-23(2)10-12/h8,12H,4-7,9-10H2,1-3H3,(H,20,25)/t12-/m1/s1. The number of carbonyl (C=O) groups excluding carboxylic acids is 1. The van der Waals surface area contributed by atoms with Gasteiger partial charge in [-0.3, -0.25) is 4.79 Å². The third-order valence-electron chi connectivity index (χ3n) is 4.32. The summed E-state index contributed by atoms with van der Waals surface area (Å²) in [7, 11) is 4.05. The summed E-state index contributed by atoms with van der Waals surface area (Å²) in [6.07, 6.45) is -3.16. The molecule has 1 aliphatic heterocycles. The Labute approximate surface area is 145 Å². The summed E-state index contributed by atoms with van der Waals surface area (Å²) in [5, 5.41) is 2.59. The second kappa shape index (κ2) is 8.09. The van der Waals surface area contributed by atoms with Crippen LogP contribution in [0.2, 0.25) is 0 Å². The zero-order valence-electron chi connectivity index (χ0n) is 14.7. The maximum absolute atomic E-state index is 12.7. The van der Waals surface area contributed by atoms with Crippen LogP contribution in [0.1, 0.15) is 30.1 Å². The molecule has 1 amide bonds. The van der Waals surface area contributed by atoms with Gasteiger partial charge >= 0.3 is 6.18 Å². The molecule has 140 valence electrons. The number of amides is 1. The third kappa shape index (κ3) is 5.93. The molecule has 1 fully saturated rings. The number of carbonyl (C=O) groups is 1. The first-order chi connectivity index (χ1) is 11.6. The van der Waals surface area contributed by atoms with Gasteiger partial charge in [0.25, 0.3) is 0 Å². The Hall–Kier alpha value is -1.74. The van der Waals surface area contributed by atoms with E-state index in [0.717, 1.165) is 25.6 Å². The smallest absolute Gasteiger partial charge is 0.349 e. The number of halogens is 3. The molecule has 2 heterocycles. The normalized spacial score (nSPS) is 18.8. The van der Waals surface area contributed by atoms with Crippen LogP contribution in [-0.2, 0) is 17.5 Å². The van der Waals surface area contributed by atoms with Gasteiger partial charge in [0.1, 0.15) is 11.5 Å². The lowest BCUT2D eigenvalue weighted by Gasteiger charge is -2.23. The van der Waals surface area contributed by atoms with Crippen molar-refractivity contribution in [3.63, 3.8) is 0 Å². The van der Waals surface area contributed by atoms with Gasteiger partial charge in [0.05, 0.1) is 6.54 Å². The van der Waals surface area contributed by atoms with Crippen molar-refractivity contribution in [2.45, 2.75) is 38.5 Å². The number of nitrogens with one attached hydrogen (secondary N) is 1. The van der Waals surface area contributed by atoms with Crippen molar-refractivity contribution in [3.8, 4) is 0 Å². The Morgan fingerprint density at radius 2 is 2.16 bits per heavy atom. The van der Waals surface area contributed by atoms with Crippen molar-refractivity contribution >= 4 is 5.91 Å². The second-order valence-corrected chi connectivity index (χ2v) is 6.52. The largest absolute Gasteiger partial charge is 0.433 e. The highest BCUT2D eigenvalue weighted by atomic mass is 19.4. The van der Waals surface area contributed by atoms with Gasteiger partial charge in [0.2, 0.25) is 5.91 Å². The van der Waals surface area contributed by atoms with E-state index in [4.69, 9.17) is 0 Å². The average molecular weight is 359 g/mol. The molecule has 1 aromatic heterocycles. The molecule has 6 nitrogen and oxygen atoms in total. The number of nitrogens with zero attached hydrogens (tertiary/aromatic N) is 4. The topological polar surface area (TPSA) is 61.4 Å². The van der Waals surface area contributed by atoms with Crippen molar-refractivity contribution in [2.24, 2.45) is 0 Å². The first-order valence-electron chi connectivity index (χ1n) is 8.22. The van der Waals surface area contributed by atoms with Crippen LogP contribution in [0.4, 0.5) is 13.2 Å². The van der Waals surface area contributed by atoms with E-state index >= 15 is 0 Å². The number of likely N-dealkylation sites (N-methyl/N-ethyl adjacent to an activating group) is 2. The Balaban J connectivity index is 1.81. The van der Waals surface area contributed by atoms with Crippen LogP contribution in [0.25, 0.3) is 0 Å². The first kappa shape index (κ1) is 19.6. The number of likely N-dealkylation sites (tertiary alicyclic amines) is 1. The number of alkyl halides is 3. The van der Waals surface area contributed by atoms with Crippen LogP contribution in [-0.4, -0.2) is 65.4 Å². The second-order valence-electron chi connectivity index (χ2n) is 6.52. The SMILES string of the molecule is Cc1cc(C(F)(F)F)nc(CNC(=O)CCN(C)[C@@H]2CCN(C)C2)n1. The van der Waals surface area contributed by atoms with E-state index in [1.807, 2.05) is 7.05 Å². The zero-order valence-corrected chi connectivity index (χ0v) is 14.7. The van der Waals surface area contributed by atoms with E-state index in [0.29, 0.717) is 12.6 Å². The van der Waals surface area contributed by atoms with Crippen LogP contribution in [0, 0.1) is 6.92 Å². The molecule has 1 aromatic rings. The summed E-state index contributed by atoms with van der Waals surface area (Å²) in [6, 6.07) is 1.33. The van der Waals surface area contributed by atoms with Gasteiger partial charge in [-0.25, -0.2) is 9.97 Å². The molecular weight excluding hydrogens is 335 g/mol. The van der Waals surface area contributed by atoms with Gasteiger partial charge < -0.3 is 15.1 Å². The van der Waals surface area contributed by atoms with Gasteiger partial charge in [0.15, 0.2) is 0 Å². The molecule has 0 unspecified atom stereocenters. The minimum Gasteiger partial charge on any atom is -0.349 e. The van der Waals surface area contributed by atoms with Crippen LogP contribution in [0.15, 0.2) is 6.07 Å². The van der Waals surface area contributed by atoms with E-state index in [-0.39, 0.29) is 30.4 Å². The van der Waals surface area contributed by atoms with Crippen LogP contribution in [0.5, 0.6) is 0 Å². The summed E-state index contributed by atoms with van der Waals surface area (Å²) in [5.41, 5.74) is -0.772. The summed E-state index contributed by atoms with van der Waals surface area (Å²) in [6.45, 7) is 3.99. The lowest BCUT2D eigenvalue weighted by molar-refractivity contribution is -0.141. The molecule has 1 atom stereocenters. The molecule has 9 heteroatoms. The minimum absolute atomic E-state index is 0.0357. The zero-order chi connectivity index (χ0) is 18.6. The highest BCUT2D eigenvalue weighted by molar-refractivity contribution is 5.75. The number of rotatable bonds is 6. The third-order valence-corrected chi connectivity index (χ3v) is 4.32. The van der Waals surface area contributed by atoms with Crippen LogP contribution < -0.4 is 5.32 Å². The molecule has 25 heavy (non-hydrogen) atoms. The highest BCUT2D eigenvalue weighted by Gasteiger charge is 2.33. The fraction of sp³-hybridized carbons (Fsp3) is 0.688. The van der Waals surface area contributed by atoms with Crippen molar-refractivity contribution in [2.75, 3.05) is 33.7 Å².